The Balaban J connectivity index is 1.29. The van der Waals surface area contributed by atoms with Crippen LogP contribution >= 0.6 is 22.7 Å². The highest BCUT2D eigenvalue weighted by molar-refractivity contribution is 7.22. The van der Waals surface area contributed by atoms with Gasteiger partial charge in [0.1, 0.15) is 17.2 Å². The average molecular weight is 615 g/mol. The number of carbonyl (C=O) groups is 2. The van der Waals surface area contributed by atoms with Crippen LogP contribution in [0, 0.1) is 5.82 Å². The van der Waals surface area contributed by atoms with Gasteiger partial charge in [-0.15, -0.1) is 27.8 Å². The fraction of sp³-hybridized carbons (Fsp3) is 0.207. The van der Waals surface area contributed by atoms with Gasteiger partial charge in [0, 0.05) is 40.5 Å². The molecule has 216 valence electrons. The van der Waals surface area contributed by atoms with Crippen LogP contribution in [-0.4, -0.2) is 68.1 Å². The maximum absolute atomic E-state index is 15.8. The molecule has 0 radical (unpaired) electrons. The third-order valence-corrected chi connectivity index (χ3v) is 9.21. The van der Waals surface area contributed by atoms with Crippen molar-refractivity contribution < 1.29 is 18.7 Å². The first-order valence-electron chi connectivity index (χ1n) is 13.4. The fourth-order valence-corrected chi connectivity index (χ4v) is 7.02. The van der Waals surface area contributed by atoms with Gasteiger partial charge in [0.2, 0.25) is 5.01 Å². The number of esters is 1. The summed E-state index contributed by atoms with van der Waals surface area (Å²) in [5.41, 5.74) is 2.01. The average Bonchev–Trinajstić information content (AvgIpc) is 3.80. The Morgan fingerprint density at radius 2 is 2.07 bits per heavy atom. The van der Waals surface area contributed by atoms with E-state index in [9.17, 15) is 9.59 Å². The minimum absolute atomic E-state index is 0.0804. The number of hydrogen-bond acceptors (Lipinski definition) is 11. The summed E-state index contributed by atoms with van der Waals surface area (Å²) in [6.45, 7) is 1.39. The highest BCUT2D eigenvalue weighted by Crippen LogP contribution is 2.39. The molecule has 0 unspecified atom stereocenters. The molecule has 1 saturated heterocycles. The number of anilines is 1. The number of hydrogen-bond donors (Lipinski definition) is 1. The van der Waals surface area contributed by atoms with Crippen LogP contribution in [0.1, 0.15) is 33.0 Å². The Morgan fingerprint density at radius 1 is 1.16 bits per heavy atom. The number of nitrogens with zero attached hydrogens (tertiary/aromatic N) is 7. The number of benzene rings is 1. The Kier molecular flexibility index (Phi) is 7.08. The molecule has 5 aromatic heterocycles. The zero-order chi connectivity index (χ0) is 29.5. The first kappa shape index (κ1) is 27.2. The van der Waals surface area contributed by atoms with Gasteiger partial charge in [-0.3, -0.25) is 9.69 Å². The van der Waals surface area contributed by atoms with Crippen molar-refractivity contribution in [3.63, 3.8) is 0 Å². The van der Waals surface area contributed by atoms with Crippen LogP contribution in [0.4, 0.5) is 10.2 Å². The molecule has 1 amide bonds. The van der Waals surface area contributed by atoms with E-state index in [-0.39, 0.29) is 16.6 Å². The van der Waals surface area contributed by atoms with E-state index in [4.69, 9.17) is 4.74 Å². The largest absolute Gasteiger partial charge is 0.464 e. The Labute approximate surface area is 252 Å². The number of methoxy groups -OCH3 is 1. The minimum Gasteiger partial charge on any atom is -0.464 e. The molecule has 0 bridgehead atoms. The van der Waals surface area contributed by atoms with Crippen LogP contribution in [0.15, 0.2) is 60.2 Å². The molecule has 0 spiro atoms. The predicted molar refractivity (Wildman–Crippen MR) is 161 cm³/mol. The van der Waals surface area contributed by atoms with Crippen molar-refractivity contribution in [1.82, 2.24) is 35.3 Å². The van der Waals surface area contributed by atoms with Crippen LogP contribution in [0.3, 0.4) is 0 Å². The van der Waals surface area contributed by atoms with E-state index in [0.717, 1.165) is 34.3 Å². The second-order valence-corrected chi connectivity index (χ2v) is 11.8. The number of thiophene rings is 1. The number of amides is 1. The zero-order valence-corrected chi connectivity index (χ0v) is 24.4. The smallest absolute Gasteiger partial charge is 0.367 e. The zero-order valence-electron chi connectivity index (χ0n) is 22.7. The summed E-state index contributed by atoms with van der Waals surface area (Å²) >= 11 is 2.68. The number of piperidine rings is 1. The molecule has 6 heterocycles. The lowest BCUT2D eigenvalue weighted by Gasteiger charge is -2.34. The second-order valence-electron chi connectivity index (χ2n) is 9.87. The van der Waals surface area contributed by atoms with Gasteiger partial charge in [-0.25, -0.2) is 24.1 Å². The topological polar surface area (TPSA) is 128 Å². The molecular formula is C29H23FN8O3S2. The lowest BCUT2D eigenvalue weighted by Crippen LogP contribution is -2.49. The lowest BCUT2D eigenvalue weighted by atomic mass is 10.0. The predicted octanol–water partition coefficient (Wildman–Crippen LogP) is 4.87. The van der Waals surface area contributed by atoms with Gasteiger partial charge in [0.25, 0.3) is 5.91 Å². The van der Waals surface area contributed by atoms with Crippen molar-refractivity contribution in [2.75, 3.05) is 25.1 Å². The first-order chi connectivity index (χ1) is 21.0. The van der Waals surface area contributed by atoms with E-state index in [1.165, 1.54) is 46.6 Å². The number of halogens is 1. The van der Waals surface area contributed by atoms with Crippen LogP contribution in [0.5, 0.6) is 0 Å². The molecule has 43 heavy (non-hydrogen) atoms. The van der Waals surface area contributed by atoms with Crippen molar-refractivity contribution in [3.8, 4) is 16.3 Å². The normalized spacial score (nSPS) is 15.2. The molecule has 0 saturated carbocycles. The number of thiazole rings is 1. The summed E-state index contributed by atoms with van der Waals surface area (Å²) in [6, 6.07) is 11.4. The molecule has 1 N–H and O–H groups in total. The van der Waals surface area contributed by atoms with Crippen LogP contribution < -0.4 is 10.2 Å². The third kappa shape index (κ3) is 4.92. The maximum Gasteiger partial charge on any atom is 0.367 e. The molecule has 1 aliphatic heterocycles. The second kappa shape index (κ2) is 11.2. The third-order valence-electron chi connectivity index (χ3n) is 7.26. The van der Waals surface area contributed by atoms with Crippen molar-refractivity contribution in [2.24, 2.45) is 0 Å². The summed E-state index contributed by atoms with van der Waals surface area (Å²) in [4.78, 5) is 42.0. The van der Waals surface area contributed by atoms with E-state index < -0.39 is 17.7 Å². The number of ether oxygens (including phenoxy) is 1. The number of carbonyl (C=O) groups excluding carboxylic acids is 2. The Morgan fingerprint density at radius 3 is 2.88 bits per heavy atom. The molecule has 7 rings (SSSR count). The van der Waals surface area contributed by atoms with E-state index in [0.29, 0.717) is 34.9 Å². The SMILES string of the molecule is COC(=O)c1nc(-c2cc3c(N(C(=O)c4ccc(-n5nnc6cccnc65)cc4F)[C@@H]4CCCNC4)nccc3s2)cs1. The lowest BCUT2D eigenvalue weighted by molar-refractivity contribution is 0.0600. The molecular weight excluding hydrogens is 592 g/mol. The molecule has 1 atom stereocenters. The monoisotopic (exact) mass is 614 g/mol. The van der Waals surface area contributed by atoms with Crippen molar-refractivity contribution in [3.05, 3.63) is 76.6 Å². The van der Waals surface area contributed by atoms with Gasteiger partial charge in [0.05, 0.1) is 35.0 Å². The van der Waals surface area contributed by atoms with Crippen LogP contribution in [-0.2, 0) is 4.74 Å². The fourth-order valence-electron chi connectivity index (χ4n) is 5.20. The number of nitrogens with one attached hydrogen (secondary N) is 1. The highest BCUT2D eigenvalue weighted by Gasteiger charge is 2.32. The summed E-state index contributed by atoms with van der Waals surface area (Å²) in [6.07, 6.45) is 4.86. The standard InChI is InChI=1S/C29H23FN8O3S2/c1-41-29(40)27-34-22(15-42-27)24-13-19-23(43-24)8-11-33-25(19)37(17-4-2-9-31-14-17)28(39)18-7-6-16(12-20(18)30)38-26-21(35-36-38)5-3-10-32-26/h3,5-8,10-13,15,17,31H,2,4,9,14H2,1H3/t17-/m1/s1. The van der Waals surface area contributed by atoms with Crippen LogP contribution in [0.2, 0.25) is 0 Å². The molecule has 1 aliphatic rings. The van der Waals surface area contributed by atoms with Crippen molar-refractivity contribution in [1.29, 1.82) is 0 Å². The van der Waals surface area contributed by atoms with E-state index >= 15 is 4.39 Å². The van der Waals surface area contributed by atoms with Gasteiger partial charge in [0.15, 0.2) is 5.65 Å². The van der Waals surface area contributed by atoms with Gasteiger partial charge in [-0.1, -0.05) is 5.21 Å². The highest BCUT2D eigenvalue weighted by atomic mass is 32.1. The first-order valence-corrected chi connectivity index (χ1v) is 15.1. The van der Waals surface area contributed by atoms with Gasteiger partial charge < -0.3 is 10.1 Å². The molecule has 11 nitrogen and oxygen atoms in total. The molecule has 14 heteroatoms. The van der Waals surface area contributed by atoms with E-state index in [1.54, 1.807) is 40.9 Å². The number of aromatic nitrogens is 6. The molecule has 6 aromatic rings. The van der Waals surface area contributed by atoms with Gasteiger partial charge in [-0.2, -0.15) is 4.68 Å². The quantitative estimate of drug-likeness (QED) is 0.261. The van der Waals surface area contributed by atoms with E-state index in [2.05, 4.69) is 30.6 Å². The number of rotatable bonds is 6. The van der Waals surface area contributed by atoms with Crippen LogP contribution in [0.25, 0.3) is 37.5 Å². The molecule has 1 aromatic carbocycles. The molecule has 0 aliphatic carbocycles. The Bertz CT molecular complexity index is 2000. The number of fused-ring (bicyclic) bond motifs is 2. The van der Waals surface area contributed by atoms with Gasteiger partial charge >= 0.3 is 5.97 Å². The van der Waals surface area contributed by atoms with Crippen molar-refractivity contribution >= 4 is 61.6 Å². The minimum atomic E-state index is -0.688. The summed E-state index contributed by atoms with van der Waals surface area (Å²) in [5.74, 6) is -1.24. The molecule has 1 fully saturated rings. The number of pyridine rings is 2. The summed E-state index contributed by atoms with van der Waals surface area (Å²) < 4.78 is 22.9. The summed E-state index contributed by atoms with van der Waals surface area (Å²) in [7, 11) is 1.32. The van der Waals surface area contributed by atoms with Gasteiger partial charge in [-0.05, 0) is 55.8 Å². The maximum atomic E-state index is 15.8. The van der Waals surface area contributed by atoms with E-state index in [1.807, 2.05) is 12.1 Å². The van der Waals surface area contributed by atoms with Crippen molar-refractivity contribution in [2.45, 2.75) is 18.9 Å². The Hall–Kier alpha value is -4.66. The summed E-state index contributed by atoms with van der Waals surface area (Å²) in [5, 5.41) is 14.4.